The SMILES string of the molecule is O=C(NC(CCCCNC1CC1c1ccc(Cl)cc1)C(=O)NCc1ccccn1)c1ccccc1. The van der Waals surface area contributed by atoms with Gasteiger partial charge in [-0.25, -0.2) is 0 Å². The Morgan fingerprint density at radius 2 is 1.74 bits per heavy atom. The number of unbranched alkanes of at least 4 members (excludes halogenated alkanes) is 1. The van der Waals surface area contributed by atoms with E-state index in [9.17, 15) is 9.59 Å². The van der Waals surface area contributed by atoms with Gasteiger partial charge in [-0.15, -0.1) is 0 Å². The average molecular weight is 491 g/mol. The standard InChI is InChI=1S/C28H31ClN4O2/c29-22-14-12-20(13-15-22)24-18-26(24)31-17-7-5-11-25(33-27(34)21-8-2-1-3-9-21)28(35)32-19-23-10-4-6-16-30-23/h1-4,6,8-10,12-16,24-26,31H,5,7,11,17-19H2,(H,32,35)(H,33,34). The number of carbonyl (C=O) groups is 2. The molecule has 0 saturated heterocycles. The second kappa shape index (κ2) is 12.5. The van der Waals surface area contributed by atoms with Crippen molar-refractivity contribution in [2.24, 2.45) is 0 Å². The van der Waals surface area contributed by atoms with Gasteiger partial charge >= 0.3 is 0 Å². The van der Waals surface area contributed by atoms with Crippen LogP contribution in [-0.2, 0) is 11.3 Å². The van der Waals surface area contributed by atoms with Gasteiger partial charge in [-0.2, -0.15) is 0 Å². The molecule has 2 aromatic carbocycles. The van der Waals surface area contributed by atoms with Gasteiger partial charge in [-0.3, -0.25) is 14.6 Å². The number of carbonyl (C=O) groups excluding carboxylic acids is 2. The van der Waals surface area contributed by atoms with E-state index in [1.165, 1.54) is 5.56 Å². The Kier molecular flexibility index (Phi) is 8.87. The molecule has 0 bridgehead atoms. The molecule has 7 heteroatoms. The molecule has 1 aromatic heterocycles. The van der Waals surface area contributed by atoms with Gasteiger partial charge in [0.15, 0.2) is 0 Å². The van der Waals surface area contributed by atoms with Gasteiger partial charge in [-0.1, -0.05) is 48.0 Å². The molecule has 3 unspecified atom stereocenters. The highest BCUT2D eigenvalue weighted by Gasteiger charge is 2.37. The maximum atomic E-state index is 12.9. The largest absolute Gasteiger partial charge is 0.349 e. The first-order valence-electron chi connectivity index (χ1n) is 12.1. The molecular formula is C28H31ClN4O2. The number of aromatic nitrogens is 1. The van der Waals surface area contributed by atoms with E-state index in [1.54, 1.807) is 18.3 Å². The van der Waals surface area contributed by atoms with Crippen molar-refractivity contribution in [3.05, 3.63) is 101 Å². The molecule has 1 saturated carbocycles. The number of amides is 2. The molecule has 1 aliphatic rings. The summed E-state index contributed by atoms with van der Waals surface area (Å²) in [6.45, 7) is 1.20. The van der Waals surface area contributed by atoms with Gasteiger partial charge in [0.05, 0.1) is 12.2 Å². The smallest absolute Gasteiger partial charge is 0.251 e. The topological polar surface area (TPSA) is 83.1 Å². The minimum Gasteiger partial charge on any atom is -0.349 e. The Morgan fingerprint density at radius 1 is 0.971 bits per heavy atom. The number of nitrogens with zero attached hydrogens (tertiary/aromatic N) is 1. The highest BCUT2D eigenvalue weighted by molar-refractivity contribution is 6.30. The molecule has 1 heterocycles. The van der Waals surface area contributed by atoms with Gasteiger partial charge in [-0.05, 0) is 74.2 Å². The molecule has 6 nitrogen and oxygen atoms in total. The number of nitrogens with one attached hydrogen (secondary N) is 3. The molecule has 0 aliphatic heterocycles. The molecule has 0 radical (unpaired) electrons. The number of rotatable bonds is 12. The molecule has 0 spiro atoms. The highest BCUT2D eigenvalue weighted by Crippen LogP contribution is 2.40. The van der Waals surface area contributed by atoms with E-state index in [2.05, 4.69) is 33.1 Å². The first-order valence-corrected chi connectivity index (χ1v) is 12.5. The zero-order chi connectivity index (χ0) is 24.5. The minimum atomic E-state index is -0.603. The molecule has 1 fully saturated rings. The van der Waals surface area contributed by atoms with Crippen LogP contribution in [-0.4, -0.2) is 35.4 Å². The van der Waals surface area contributed by atoms with Crippen molar-refractivity contribution in [1.29, 1.82) is 0 Å². The fourth-order valence-corrected chi connectivity index (χ4v) is 4.29. The van der Waals surface area contributed by atoms with Crippen molar-refractivity contribution in [3.8, 4) is 0 Å². The fraction of sp³-hybridized carbons (Fsp3) is 0.321. The Morgan fingerprint density at radius 3 is 2.49 bits per heavy atom. The van der Waals surface area contributed by atoms with Crippen molar-refractivity contribution in [2.75, 3.05) is 6.54 Å². The Balaban J connectivity index is 1.24. The predicted molar refractivity (Wildman–Crippen MR) is 138 cm³/mol. The maximum absolute atomic E-state index is 12.9. The van der Waals surface area contributed by atoms with Crippen LogP contribution >= 0.6 is 11.6 Å². The molecule has 1 aliphatic carbocycles. The van der Waals surface area contributed by atoms with Crippen LogP contribution in [0, 0.1) is 0 Å². The number of pyridine rings is 1. The zero-order valence-corrected chi connectivity index (χ0v) is 20.4. The lowest BCUT2D eigenvalue weighted by atomic mass is 10.1. The van der Waals surface area contributed by atoms with Gasteiger partial charge in [0.25, 0.3) is 5.91 Å². The fourth-order valence-electron chi connectivity index (χ4n) is 4.16. The van der Waals surface area contributed by atoms with E-state index in [4.69, 9.17) is 11.6 Å². The van der Waals surface area contributed by atoms with Crippen molar-refractivity contribution in [2.45, 2.75) is 50.2 Å². The Labute approximate surface area is 211 Å². The van der Waals surface area contributed by atoms with Crippen LogP contribution in [0.2, 0.25) is 5.02 Å². The maximum Gasteiger partial charge on any atom is 0.251 e. The predicted octanol–water partition coefficient (Wildman–Crippen LogP) is 4.47. The highest BCUT2D eigenvalue weighted by atomic mass is 35.5. The van der Waals surface area contributed by atoms with Crippen molar-refractivity contribution < 1.29 is 9.59 Å². The molecule has 4 rings (SSSR count). The monoisotopic (exact) mass is 490 g/mol. The van der Waals surface area contributed by atoms with Gasteiger partial charge in [0.2, 0.25) is 5.91 Å². The summed E-state index contributed by atoms with van der Waals surface area (Å²) in [5.41, 5.74) is 2.64. The summed E-state index contributed by atoms with van der Waals surface area (Å²) >= 11 is 5.98. The van der Waals surface area contributed by atoms with Gasteiger partial charge < -0.3 is 16.0 Å². The van der Waals surface area contributed by atoms with Crippen LogP contribution in [0.25, 0.3) is 0 Å². The van der Waals surface area contributed by atoms with E-state index < -0.39 is 6.04 Å². The minimum absolute atomic E-state index is 0.196. The summed E-state index contributed by atoms with van der Waals surface area (Å²) in [5, 5.41) is 10.2. The first kappa shape index (κ1) is 24.9. The van der Waals surface area contributed by atoms with Gasteiger partial charge in [0, 0.05) is 28.7 Å². The molecule has 3 aromatic rings. The summed E-state index contributed by atoms with van der Waals surface area (Å²) < 4.78 is 0. The van der Waals surface area contributed by atoms with E-state index in [0.717, 1.165) is 36.5 Å². The van der Waals surface area contributed by atoms with Crippen LogP contribution in [0.15, 0.2) is 79.0 Å². The lowest BCUT2D eigenvalue weighted by Crippen LogP contribution is -2.46. The number of halogens is 1. The summed E-state index contributed by atoms with van der Waals surface area (Å²) in [4.78, 5) is 29.8. The second-order valence-corrected chi connectivity index (χ2v) is 9.32. The number of hydrogen-bond donors (Lipinski definition) is 3. The van der Waals surface area contributed by atoms with Crippen molar-refractivity contribution >= 4 is 23.4 Å². The van der Waals surface area contributed by atoms with E-state index in [1.807, 2.05) is 48.5 Å². The lowest BCUT2D eigenvalue weighted by Gasteiger charge is -2.19. The van der Waals surface area contributed by atoms with Crippen LogP contribution in [0.4, 0.5) is 0 Å². The number of benzene rings is 2. The van der Waals surface area contributed by atoms with Crippen molar-refractivity contribution in [3.63, 3.8) is 0 Å². The third-order valence-electron chi connectivity index (χ3n) is 6.24. The summed E-state index contributed by atoms with van der Waals surface area (Å²) in [7, 11) is 0. The molecule has 2 amide bonds. The zero-order valence-electron chi connectivity index (χ0n) is 19.6. The van der Waals surface area contributed by atoms with Gasteiger partial charge in [0.1, 0.15) is 6.04 Å². The third kappa shape index (κ3) is 7.64. The van der Waals surface area contributed by atoms with Crippen LogP contribution in [0.3, 0.4) is 0 Å². The molecule has 35 heavy (non-hydrogen) atoms. The molecule has 182 valence electrons. The van der Waals surface area contributed by atoms with Crippen LogP contribution in [0.1, 0.15) is 53.2 Å². The molecule has 3 N–H and O–H groups in total. The normalized spacial score (nSPS) is 17.4. The third-order valence-corrected chi connectivity index (χ3v) is 6.49. The Hall–Kier alpha value is -3.22. The first-order chi connectivity index (χ1) is 17.1. The average Bonchev–Trinajstić information content (AvgIpc) is 3.67. The Bertz CT molecular complexity index is 1090. The summed E-state index contributed by atoms with van der Waals surface area (Å²) in [6, 6.07) is 22.5. The van der Waals surface area contributed by atoms with Crippen LogP contribution in [0.5, 0.6) is 0 Å². The van der Waals surface area contributed by atoms with Crippen LogP contribution < -0.4 is 16.0 Å². The second-order valence-electron chi connectivity index (χ2n) is 8.88. The lowest BCUT2D eigenvalue weighted by molar-refractivity contribution is -0.123. The molecule has 3 atom stereocenters. The quantitative estimate of drug-likeness (QED) is 0.327. The van der Waals surface area contributed by atoms with E-state index in [0.29, 0.717) is 30.5 Å². The van der Waals surface area contributed by atoms with E-state index >= 15 is 0 Å². The summed E-state index contributed by atoms with van der Waals surface area (Å²) in [6.07, 6.45) is 5.14. The molecular weight excluding hydrogens is 460 g/mol. The number of hydrogen-bond acceptors (Lipinski definition) is 4. The van der Waals surface area contributed by atoms with E-state index in [-0.39, 0.29) is 11.8 Å². The van der Waals surface area contributed by atoms with Crippen molar-refractivity contribution in [1.82, 2.24) is 20.9 Å². The summed E-state index contributed by atoms with van der Waals surface area (Å²) in [5.74, 6) is 0.103.